The smallest absolute Gasteiger partial charge is 0.0636 e. The fourth-order valence-electron chi connectivity index (χ4n) is 0.846. The molecule has 1 rings (SSSR count). The zero-order chi connectivity index (χ0) is 7.94. The van der Waals surface area contributed by atoms with E-state index in [0.717, 1.165) is 15.7 Å². The van der Waals surface area contributed by atoms with Gasteiger partial charge in [0.25, 0.3) is 0 Å². The van der Waals surface area contributed by atoms with E-state index in [4.69, 9.17) is 0 Å². The molecule has 2 radical (unpaired) electrons. The molecule has 0 bridgehead atoms. The van der Waals surface area contributed by atoms with Gasteiger partial charge in [0.05, 0.1) is 9.52 Å². The number of anilines is 1. The lowest BCUT2D eigenvalue weighted by Gasteiger charge is -2.02. The second kappa shape index (κ2) is 4.96. The van der Waals surface area contributed by atoms with Gasteiger partial charge in [-0.1, -0.05) is 31.2 Å². The molecular formula is C9H13NSi. The minimum Gasteiger partial charge on any atom is -0.389 e. The van der Waals surface area contributed by atoms with Crippen molar-refractivity contribution < 1.29 is 0 Å². The maximum atomic E-state index is 3.36. The average molecular weight is 163 g/mol. The van der Waals surface area contributed by atoms with Crippen molar-refractivity contribution in [1.82, 2.24) is 0 Å². The zero-order valence-electron chi connectivity index (χ0n) is 6.80. The summed E-state index contributed by atoms with van der Waals surface area (Å²) in [6, 6.07) is 11.6. The van der Waals surface area contributed by atoms with E-state index in [-0.39, 0.29) is 0 Å². The highest BCUT2D eigenvalue weighted by atomic mass is 28.2. The Kier molecular flexibility index (Phi) is 3.76. The summed E-state index contributed by atoms with van der Waals surface area (Å²) in [6.07, 6.45) is 1.11. The molecule has 11 heavy (non-hydrogen) atoms. The van der Waals surface area contributed by atoms with Crippen molar-refractivity contribution in [3.05, 3.63) is 30.3 Å². The molecule has 1 aromatic rings. The van der Waals surface area contributed by atoms with Gasteiger partial charge in [0.2, 0.25) is 0 Å². The molecule has 0 saturated carbocycles. The zero-order valence-corrected chi connectivity index (χ0v) is 7.80. The molecule has 58 valence electrons. The first-order chi connectivity index (χ1) is 5.43. The van der Waals surface area contributed by atoms with Crippen LogP contribution in [0.5, 0.6) is 0 Å². The van der Waals surface area contributed by atoms with Crippen LogP contribution in [0.15, 0.2) is 30.3 Å². The molecule has 1 nitrogen and oxygen atoms in total. The first-order valence-corrected chi connectivity index (χ1v) is 5.34. The largest absolute Gasteiger partial charge is 0.389 e. The minimum atomic E-state index is 1.03. The molecule has 0 heterocycles. The number of para-hydroxylation sites is 1. The van der Waals surface area contributed by atoms with Crippen LogP contribution in [0.2, 0.25) is 6.04 Å². The predicted octanol–water partition coefficient (Wildman–Crippen LogP) is 2.20. The third kappa shape index (κ3) is 3.23. The lowest BCUT2D eigenvalue weighted by Crippen LogP contribution is -2.07. The van der Waals surface area contributed by atoms with Gasteiger partial charge in [-0.3, -0.25) is 0 Å². The van der Waals surface area contributed by atoms with E-state index < -0.39 is 0 Å². The summed E-state index contributed by atoms with van der Waals surface area (Å²) in [7, 11) is 1.03. The van der Waals surface area contributed by atoms with E-state index in [1.165, 1.54) is 11.7 Å². The number of hydrogen-bond donors (Lipinski definition) is 1. The molecule has 1 aromatic carbocycles. The second-order valence-electron chi connectivity index (χ2n) is 2.32. The Morgan fingerprint density at radius 3 is 2.64 bits per heavy atom. The Labute approximate surface area is 70.7 Å². The fraction of sp³-hybridized carbons (Fsp3) is 0.333. The Morgan fingerprint density at radius 2 is 2.00 bits per heavy atom. The summed E-state index contributed by atoms with van der Waals surface area (Å²) in [5.41, 5.74) is 1.23. The lowest BCUT2D eigenvalue weighted by atomic mass is 10.3. The summed E-state index contributed by atoms with van der Waals surface area (Å²) in [5.74, 6) is 0. The molecule has 0 unspecified atom stereocenters. The maximum Gasteiger partial charge on any atom is 0.0636 e. The Morgan fingerprint density at radius 1 is 1.27 bits per heavy atom. The van der Waals surface area contributed by atoms with Gasteiger partial charge in [0.15, 0.2) is 0 Å². The predicted molar refractivity (Wildman–Crippen MR) is 51.2 cm³/mol. The van der Waals surface area contributed by atoms with Gasteiger partial charge in [-0.25, -0.2) is 0 Å². The molecule has 0 aliphatic heterocycles. The third-order valence-electron chi connectivity index (χ3n) is 1.44. The van der Waals surface area contributed by atoms with Crippen molar-refractivity contribution in [2.75, 3.05) is 11.5 Å². The van der Waals surface area contributed by atoms with Crippen molar-refractivity contribution in [3.63, 3.8) is 0 Å². The fourth-order valence-corrected chi connectivity index (χ4v) is 1.42. The van der Waals surface area contributed by atoms with Crippen molar-refractivity contribution in [1.29, 1.82) is 0 Å². The Hall–Kier alpha value is -0.763. The summed E-state index contributed by atoms with van der Waals surface area (Å²) in [6.45, 7) is 2.21. The highest BCUT2D eigenvalue weighted by Gasteiger charge is 1.87. The topological polar surface area (TPSA) is 12.0 Å². The first-order valence-electron chi connectivity index (χ1n) is 3.93. The molecule has 0 aromatic heterocycles. The van der Waals surface area contributed by atoms with Crippen LogP contribution in [0.1, 0.15) is 6.92 Å². The Balaban J connectivity index is 2.28. The van der Waals surface area contributed by atoms with Crippen LogP contribution in [0.4, 0.5) is 5.69 Å². The monoisotopic (exact) mass is 163 g/mol. The molecule has 2 heteroatoms. The van der Waals surface area contributed by atoms with Crippen LogP contribution in [-0.2, 0) is 0 Å². The van der Waals surface area contributed by atoms with Crippen LogP contribution in [-0.4, -0.2) is 15.7 Å². The number of rotatable bonds is 4. The van der Waals surface area contributed by atoms with E-state index in [0.29, 0.717) is 0 Å². The molecule has 0 aliphatic carbocycles. The average Bonchev–Trinajstić information content (AvgIpc) is 2.07. The van der Waals surface area contributed by atoms with Crippen molar-refractivity contribution in [3.8, 4) is 0 Å². The van der Waals surface area contributed by atoms with Gasteiger partial charge >= 0.3 is 0 Å². The summed E-state index contributed by atoms with van der Waals surface area (Å²) >= 11 is 0. The second-order valence-corrected chi connectivity index (χ2v) is 3.88. The summed E-state index contributed by atoms with van der Waals surface area (Å²) in [4.78, 5) is 0. The highest BCUT2D eigenvalue weighted by molar-refractivity contribution is 6.36. The van der Waals surface area contributed by atoms with Gasteiger partial charge in [-0.05, 0) is 12.1 Å². The van der Waals surface area contributed by atoms with E-state index in [1.54, 1.807) is 0 Å². The standard InChI is InChI=1S/C9H13NSi/c1-2-11-8-10-9-6-4-3-5-7-9/h3-7,10H,2,8H2,1H3. The minimum absolute atomic E-state index is 1.03. The molecule has 0 spiro atoms. The Bertz CT molecular complexity index is 186. The van der Waals surface area contributed by atoms with Crippen LogP contribution in [0.25, 0.3) is 0 Å². The van der Waals surface area contributed by atoms with Gasteiger partial charge in [-0.15, -0.1) is 0 Å². The molecule has 0 atom stereocenters. The third-order valence-corrected chi connectivity index (χ3v) is 2.37. The van der Waals surface area contributed by atoms with Gasteiger partial charge in [0.1, 0.15) is 0 Å². The van der Waals surface area contributed by atoms with Gasteiger partial charge in [-0.2, -0.15) is 0 Å². The van der Waals surface area contributed by atoms with Gasteiger partial charge in [0, 0.05) is 11.9 Å². The molecule has 0 saturated heterocycles. The molecular weight excluding hydrogens is 150 g/mol. The van der Waals surface area contributed by atoms with Crippen LogP contribution < -0.4 is 5.32 Å². The summed E-state index contributed by atoms with van der Waals surface area (Å²) in [5, 5.41) is 3.36. The molecule has 1 N–H and O–H groups in total. The van der Waals surface area contributed by atoms with Crippen molar-refractivity contribution in [2.24, 2.45) is 0 Å². The first kappa shape index (κ1) is 8.33. The number of benzene rings is 1. The normalized spacial score (nSPS) is 9.55. The summed E-state index contributed by atoms with van der Waals surface area (Å²) < 4.78 is 0. The van der Waals surface area contributed by atoms with E-state index in [9.17, 15) is 0 Å². The lowest BCUT2D eigenvalue weighted by molar-refractivity contribution is 1.37. The van der Waals surface area contributed by atoms with E-state index in [2.05, 4.69) is 36.5 Å². The van der Waals surface area contributed by atoms with Crippen molar-refractivity contribution in [2.45, 2.75) is 13.0 Å². The maximum absolute atomic E-state index is 3.36. The van der Waals surface area contributed by atoms with Crippen LogP contribution in [0.3, 0.4) is 0 Å². The van der Waals surface area contributed by atoms with E-state index in [1.807, 2.05) is 6.07 Å². The molecule has 0 fully saturated rings. The molecule has 0 aliphatic rings. The van der Waals surface area contributed by atoms with E-state index >= 15 is 0 Å². The van der Waals surface area contributed by atoms with Crippen LogP contribution >= 0.6 is 0 Å². The number of hydrogen-bond acceptors (Lipinski definition) is 1. The molecule has 0 amide bonds. The highest BCUT2D eigenvalue weighted by Crippen LogP contribution is 2.03. The van der Waals surface area contributed by atoms with Crippen molar-refractivity contribution >= 4 is 15.2 Å². The van der Waals surface area contributed by atoms with Crippen LogP contribution in [0, 0.1) is 0 Å². The quantitative estimate of drug-likeness (QED) is 0.530. The SMILES string of the molecule is CC[Si]CNc1ccccc1. The van der Waals surface area contributed by atoms with Gasteiger partial charge < -0.3 is 5.32 Å². The number of nitrogens with one attached hydrogen (secondary N) is 1.